The zero-order chi connectivity index (χ0) is 12.0. The molecule has 1 N–H and O–H groups in total. The molecule has 3 heteroatoms. The average molecular weight is 228 g/mol. The van der Waals surface area contributed by atoms with Crippen LogP contribution < -0.4 is 5.32 Å². The van der Waals surface area contributed by atoms with Crippen LogP contribution in [0.1, 0.15) is 39.5 Å². The van der Waals surface area contributed by atoms with Crippen LogP contribution in [-0.2, 0) is 4.74 Å². The maximum Gasteiger partial charge on any atom is 0.0615 e. The van der Waals surface area contributed by atoms with Crippen LogP contribution in [-0.4, -0.2) is 50.3 Å². The Balaban J connectivity index is 2.19. The van der Waals surface area contributed by atoms with Crippen molar-refractivity contribution in [1.82, 2.24) is 10.2 Å². The van der Waals surface area contributed by atoms with Gasteiger partial charge in [-0.3, -0.25) is 4.90 Å². The molecule has 2 atom stereocenters. The number of hydrogen-bond donors (Lipinski definition) is 1. The molecule has 0 heterocycles. The minimum Gasteiger partial charge on any atom is -0.383 e. The van der Waals surface area contributed by atoms with Gasteiger partial charge in [-0.1, -0.05) is 12.8 Å². The van der Waals surface area contributed by atoms with Crippen molar-refractivity contribution in [3.63, 3.8) is 0 Å². The molecule has 1 fully saturated rings. The SMILES string of the molecule is COCC(C)N(C)C(C)CNC1CCCC1. The highest BCUT2D eigenvalue weighted by Gasteiger charge is 2.18. The molecule has 3 nitrogen and oxygen atoms in total. The normalized spacial score (nSPS) is 21.6. The van der Waals surface area contributed by atoms with Crippen LogP contribution in [0.5, 0.6) is 0 Å². The van der Waals surface area contributed by atoms with Crippen LogP contribution in [0.4, 0.5) is 0 Å². The van der Waals surface area contributed by atoms with E-state index >= 15 is 0 Å². The number of ether oxygens (including phenoxy) is 1. The van der Waals surface area contributed by atoms with Gasteiger partial charge in [0.1, 0.15) is 0 Å². The molecule has 1 aliphatic carbocycles. The topological polar surface area (TPSA) is 24.5 Å². The Hall–Kier alpha value is -0.120. The first kappa shape index (κ1) is 13.9. The summed E-state index contributed by atoms with van der Waals surface area (Å²) in [6.07, 6.45) is 5.54. The van der Waals surface area contributed by atoms with E-state index in [2.05, 4.69) is 31.1 Å². The summed E-state index contributed by atoms with van der Waals surface area (Å²) in [4.78, 5) is 2.39. The Morgan fingerprint density at radius 1 is 1.25 bits per heavy atom. The molecule has 0 aromatic rings. The van der Waals surface area contributed by atoms with Crippen molar-refractivity contribution < 1.29 is 4.74 Å². The molecule has 96 valence electrons. The van der Waals surface area contributed by atoms with E-state index in [0.29, 0.717) is 12.1 Å². The van der Waals surface area contributed by atoms with E-state index in [-0.39, 0.29) is 0 Å². The quantitative estimate of drug-likeness (QED) is 0.720. The van der Waals surface area contributed by atoms with E-state index in [4.69, 9.17) is 4.74 Å². The van der Waals surface area contributed by atoms with Gasteiger partial charge in [0, 0.05) is 31.8 Å². The van der Waals surface area contributed by atoms with Crippen LogP contribution in [0.15, 0.2) is 0 Å². The second-order valence-corrected chi connectivity index (χ2v) is 5.21. The van der Waals surface area contributed by atoms with E-state index in [9.17, 15) is 0 Å². The number of nitrogens with one attached hydrogen (secondary N) is 1. The summed E-state index contributed by atoms with van der Waals surface area (Å²) in [5.74, 6) is 0. The summed E-state index contributed by atoms with van der Waals surface area (Å²) in [7, 11) is 3.95. The van der Waals surface area contributed by atoms with Gasteiger partial charge >= 0.3 is 0 Å². The van der Waals surface area contributed by atoms with E-state index in [1.807, 2.05) is 0 Å². The van der Waals surface area contributed by atoms with Crippen LogP contribution >= 0.6 is 0 Å². The third-order valence-corrected chi connectivity index (χ3v) is 3.86. The van der Waals surface area contributed by atoms with E-state index in [1.165, 1.54) is 25.7 Å². The first-order valence-electron chi connectivity index (χ1n) is 6.59. The molecular formula is C13H28N2O. The first-order valence-corrected chi connectivity index (χ1v) is 6.59. The van der Waals surface area contributed by atoms with E-state index in [1.54, 1.807) is 7.11 Å². The highest BCUT2D eigenvalue weighted by atomic mass is 16.5. The van der Waals surface area contributed by atoms with Gasteiger partial charge in [0.25, 0.3) is 0 Å². The number of methoxy groups -OCH3 is 1. The summed E-state index contributed by atoms with van der Waals surface area (Å²) in [5, 5.41) is 3.68. The lowest BCUT2D eigenvalue weighted by molar-refractivity contribution is 0.0927. The second kappa shape index (κ2) is 7.25. The fourth-order valence-corrected chi connectivity index (χ4v) is 2.40. The van der Waals surface area contributed by atoms with Crippen molar-refractivity contribution in [3.05, 3.63) is 0 Å². The summed E-state index contributed by atoms with van der Waals surface area (Å²) in [5.41, 5.74) is 0. The molecule has 0 radical (unpaired) electrons. The maximum atomic E-state index is 5.19. The first-order chi connectivity index (χ1) is 7.65. The molecule has 16 heavy (non-hydrogen) atoms. The molecule has 0 aliphatic heterocycles. The van der Waals surface area contributed by atoms with Crippen LogP contribution in [0.2, 0.25) is 0 Å². The number of hydrogen-bond acceptors (Lipinski definition) is 3. The minimum absolute atomic E-state index is 0.491. The highest BCUT2D eigenvalue weighted by molar-refractivity contribution is 4.78. The van der Waals surface area contributed by atoms with Crippen molar-refractivity contribution in [3.8, 4) is 0 Å². The minimum atomic E-state index is 0.491. The van der Waals surface area contributed by atoms with Crippen molar-refractivity contribution in [2.75, 3.05) is 27.3 Å². The maximum absolute atomic E-state index is 5.19. The Kier molecular flexibility index (Phi) is 6.32. The van der Waals surface area contributed by atoms with E-state index < -0.39 is 0 Å². The van der Waals surface area contributed by atoms with Gasteiger partial charge in [-0.15, -0.1) is 0 Å². The fourth-order valence-electron chi connectivity index (χ4n) is 2.40. The molecule has 1 saturated carbocycles. The number of likely N-dealkylation sites (N-methyl/N-ethyl adjacent to an activating group) is 1. The molecular weight excluding hydrogens is 200 g/mol. The Bertz CT molecular complexity index is 181. The molecule has 1 rings (SSSR count). The third-order valence-electron chi connectivity index (χ3n) is 3.86. The predicted octanol–water partition coefficient (Wildman–Crippen LogP) is 1.87. The van der Waals surface area contributed by atoms with Gasteiger partial charge in [-0.25, -0.2) is 0 Å². The average Bonchev–Trinajstić information content (AvgIpc) is 2.78. The molecule has 0 spiro atoms. The monoisotopic (exact) mass is 228 g/mol. The van der Waals surface area contributed by atoms with Gasteiger partial charge in [0.15, 0.2) is 0 Å². The van der Waals surface area contributed by atoms with Gasteiger partial charge < -0.3 is 10.1 Å². The largest absolute Gasteiger partial charge is 0.383 e. The van der Waals surface area contributed by atoms with Crippen LogP contribution in [0.3, 0.4) is 0 Å². The summed E-state index contributed by atoms with van der Waals surface area (Å²) in [6, 6.07) is 1.84. The molecule has 0 bridgehead atoms. The Morgan fingerprint density at radius 2 is 1.88 bits per heavy atom. The Labute approximate surface area is 101 Å². The van der Waals surface area contributed by atoms with E-state index in [0.717, 1.165) is 19.2 Å². The van der Waals surface area contributed by atoms with Gasteiger partial charge in [0.05, 0.1) is 6.61 Å². The summed E-state index contributed by atoms with van der Waals surface area (Å²) >= 11 is 0. The second-order valence-electron chi connectivity index (χ2n) is 5.21. The van der Waals surface area contributed by atoms with Crippen molar-refractivity contribution in [1.29, 1.82) is 0 Å². The van der Waals surface area contributed by atoms with Crippen LogP contribution in [0.25, 0.3) is 0 Å². The van der Waals surface area contributed by atoms with Crippen molar-refractivity contribution >= 4 is 0 Å². The molecule has 2 unspecified atom stereocenters. The van der Waals surface area contributed by atoms with Crippen molar-refractivity contribution in [2.24, 2.45) is 0 Å². The number of rotatable bonds is 7. The highest BCUT2D eigenvalue weighted by Crippen LogP contribution is 2.17. The molecule has 1 aliphatic rings. The lowest BCUT2D eigenvalue weighted by Gasteiger charge is -2.31. The standard InChI is InChI=1S/C13H28N2O/c1-11(15(3)12(2)10-16-4)9-14-13-7-5-6-8-13/h11-14H,5-10H2,1-4H3. The fraction of sp³-hybridized carbons (Fsp3) is 1.00. The molecule has 0 aromatic heterocycles. The number of nitrogens with zero attached hydrogens (tertiary/aromatic N) is 1. The smallest absolute Gasteiger partial charge is 0.0615 e. The molecule has 0 saturated heterocycles. The Morgan fingerprint density at radius 3 is 2.44 bits per heavy atom. The van der Waals surface area contributed by atoms with Gasteiger partial charge in [-0.2, -0.15) is 0 Å². The molecule has 0 amide bonds. The zero-order valence-corrected chi connectivity index (χ0v) is 11.3. The lowest BCUT2D eigenvalue weighted by Crippen LogP contribution is -2.46. The summed E-state index contributed by atoms with van der Waals surface area (Å²) in [6.45, 7) is 6.41. The summed E-state index contributed by atoms with van der Waals surface area (Å²) < 4.78 is 5.19. The zero-order valence-electron chi connectivity index (χ0n) is 11.3. The lowest BCUT2D eigenvalue weighted by atomic mass is 10.2. The third kappa shape index (κ3) is 4.40. The predicted molar refractivity (Wildman–Crippen MR) is 68.8 cm³/mol. The van der Waals surface area contributed by atoms with Crippen LogP contribution in [0, 0.1) is 0 Å². The van der Waals surface area contributed by atoms with Gasteiger partial charge in [0.2, 0.25) is 0 Å². The molecule has 0 aromatic carbocycles. The van der Waals surface area contributed by atoms with Crippen molar-refractivity contribution in [2.45, 2.75) is 57.7 Å². The van der Waals surface area contributed by atoms with Gasteiger partial charge in [-0.05, 0) is 33.7 Å².